The van der Waals surface area contributed by atoms with Crippen LogP contribution in [0.3, 0.4) is 0 Å². The zero-order valence-corrected chi connectivity index (χ0v) is 26.4. The lowest BCUT2D eigenvalue weighted by molar-refractivity contribution is 1.37. The molecule has 2 aromatic heterocycles. The maximum Gasteiger partial charge on any atom is 0.124 e. The van der Waals surface area contributed by atoms with Crippen LogP contribution in [0.4, 0.5) is 0 Å². The van der Waals surface area contributed by atoms with Gasteiger partial charge in [-0.1, -0.05) is 122 Å². The predicted molar refractivity (Wildman–Crippen MR) is 197 cm³/mol. The highest BCUT2D eigenvalue weighted by atomic mass is 32.1. The van der Waals surface area contributed by atoms with Crippen LogP contribution >= 0.6 is 22.7 Å². The summed E-state index contributed by atoms with van der Waals surface area (Å²) in [5, 5.41) is 7.01. The van der Waals surface area contributed by atoms with E-state index in [2.05, 4.69) is 129 Å². The molecule has 0 N–H and O–H groups in total. The number of para-hydroxylation sites is 1. The number of fused-ring (bicyclic) bond motifs is 3. The topological polar surface area (TPSA) is 25.8 Å². The van der Waals surface area contributed by atoms with Gasteiger partial charge in [-0.15, -0.1) is 22.7 Å². The molecule has 6 aromatic carbocycles. The quantitative estimate of drug-likeness (QED) is 0.175. The van der Waals surface area contributed by atoms with Crippen LogP contribution in [0.15, 0.2) is 128 Å². The third-order valence-electron chi connectivity index (χ3n) is 8.37. The molecule has 0 saturated heterocycles. The summed E-state index contributed by atoms with van der Waals surface area (Å²) in [6.45, 7) is 10.0. The third-order valence-corrected chi connectivity index (χ3v) is 10.6. The Morgan fingerprint density at radius 3 is 1.69 bits per heavy atom. The number of hydrogen-bond acceptors (Lipinski definition) is 4. The van der Waals surface area contributed by atoms with Crippen LogP contribution < -0.4 is 0 Å². The van der Waals surface area contributed by atoms with Gasteiger partial charge in [-0.3, -0.25) is 0 Å². The van der Waals surface area contributed by atoms with Gasteiger partial charge in [0.1, 0.15) is 10.0 Å². The first-order chi connectivity index (χ1) is 22.1. The minimum Gasteiger partial charge on any atom is -0.236 e. The van der Waals surface area contributed by atoms with Gasteiger partial charge in [-0.2, -0.15) is 0 Å². The first-order valence-corrected chi connectivity index (χ1v) is 16.5. The molecule has 45 heavy (non-hydrogen) atoms. The second-order valence-electron chi connectivity index (χ2n) is 11.2. The second kappa shape index (κ2) is 11.1. The molecule has 8 aromatic rings. The van der Waals surface area contributed by atoms with Crippen LogP contribution in [0, 0.1) is 6.92 Å². The van der Waals surface area contributed by atoms with E-state index >= 15 is 0 Å². The number of nitrogens with zero attached hydrogens (tertiary/aromatic N) is 2. The van der Waals surface area contributed by atoms with E-state index in [4.69, 9.17) is 9.97 Å². The molecule has 0 saturated carbocycles. The summed E-state index contributed by atoms with van der Waals surface area (Å²) < 4.78 is 1.21. The van der Waals surface area contributed by atoms with E-state index < -0.39 is 0 Å². The summed E-state index contributed by atoms with van der Waals surface area (Å²) >= 11 is 3.38. The van der Waals surface area contributed by atoms with Gasteiger partial charge in [0.2, 0.25) is 0 Å². The Bertz CT molecular complexity index is 2350. The second-order valence-corrected chi connectivity index (χ2v) is 13.2. The summed E-state index contributed by atoms with van der Waals surface area (Å²) in [6.07, 6.45) is 3.64. The van der Waals surface area contributed by atoms with Crippen molar-refractivity contribution in [3.8, 4) is 43.4 Å². The molecule has 2 heterocycles. The van der Waals surface area contributed by atoms with E-state index in [1.165, 1.54) is 54.1 Å². The van der Waals surface area contributed by atoms with Crippen LogP contribution in [-0.4, -0.2) is 9.97 Å². The van der Waals surface area contributed by atoms with Crippen molar-refractivity contribution in [3.63, 3.8) is 0 Å². The number of aryl methyl sites for hydroxylation is 1. The van der Waals surface area contributed by atoms with Crippen LogP contribution in [0.25, 0.3) is 87.3 Å². The highest BCUT2D eigenvalue weighted by Crippen LogP contribution is 2.45. The lowest BCUT2D eigenvalue weighted by Crippen LogP contribution is -1.92. The minimum absolute atomic E-state index is 0.880. The first kappa shape index (κ1) is 27.4. The largest absolute Gasteiger partial charge is 0.236 e. The zero-order valence-electron chi connectivity index (χ0n) is 24.7. The van der Waals surface area contributed by atoms with Crippen LogP contribution in [0.2, 0.25) is 0 Å². The highest BCUT2D eigenvalue weighted by molar-refractivity contribution is 7.21. The van der Waals surface area contributed by atoms with E-state index in [0.717, 1.165) is 37.2 Å². The highest BCUT2D eigenvalue weighted by Gasteiger charge is 2.18. The Morgan fingerprint density at radius 2 is 1.09 bits per heavy atom. The van der Waals surface area contributed by atoms with Gasteiger partial charge in [-0.25, -0.2) is 9.97 Å². The predicted octanol–water partition coefficient (Wildman–Crippen LogP) is 12.3. The van der Waals surface area contributed by atoms with Gasteiger partial charge >= 0.3 is 0 Å². The Hall–Kier alpha value is -5.16. The Balaban J connectivity index is 1.28. The molecule has 4 heteroatoms. The Morgan fingerprint density at radius 1 is 0.533 bits per heavy atom. The summed E-state index contributed by atoms with van der Waals surface area (Å²) in [5.74, 6) is 0. The molecule has 214 valence electrons. The number of aromatic nitrogens is 2. The van der Waals surface area contributed by atoms with E-state index in [0.29, 0.717) is 0 Å². The first-order valence-electron chi connectivity index (χ1n) is 14.9. The summed E-state index contributed by atoms with van der Waals surface area (Å²) in [5.41, 5.74) is 10.3. The molecule has 0 bridgehead atoms. The average molecular weight is 613 g/mol. The lowest BCUT2D eigenvalue weighted by atomic mass is 9.85. The van der Waals surface area contributed by atoms with E-state index in [1.807, 2.05) is 12.1 Å². The number of hydrogen-bond donors (Lipinski definition) is 0. The van der Waals surface area contributed by atoms with E-state index in [1.54, 1.807) is 28.7 Å². The molecule has 0 radical (unpaired) electrons. The van der Waals surface area contributed by atoms with Gasteiger partial charge in [0.25, 0.3) is 0 Å². The Kier molecular flexibility index (Phi) is 6.75. The molecule has 0 aliphatic rings. The molecule has 2 nitrogen and oxygen atoms in total. The number of benzene rings is 6. The summed E-state index contributed by atoms with van der Waals surface area (Å²) in [6, 6.07) is 41.7. The minimum atomic E-state index is 0.880. The SMILES string of the molecule is C=Cc1nc(-c2ccc(-c3c4ccccc4c(-c4ccc(-c5nc6ccccc6s5)cc4)c4cc(C)ccc34)cc2)sc1C=C. The van der Waals surface area contributed by atoms with Crippen LogP contribution in [-0.2, 0) is 0 Å². The van der Waals surface area contributed by atoms with Crippen molar-refractivity contribution < 1.29 is 0 Å². The maximum absolute atomic E-state index is 4.89. The molecule has 0 spiro atoms. The van der Waals surface area contributed by atoms with Crippen LogP contribution in [0.5, 0.6) is 0 Å². The molecule has 0 fully saturated rings. The smallest absolute Gasteiger partial charge is 0.124 e. The van der Waals surface area contributed by atoms with Gasteiger partial charge in [-0.05, 0) is 75.0 Å². The van der Waals surface area contributed by atoms with Gasteiger partial charge in [0.15, 0.2) is 0 Å². The summed E-state index contributed by atoms with van der Waals surface area (Å²) in [7, 11) is 0. The molecular weight excluding hydrogens is 585 g/mol. The zero-order chi connectivity index (χ0) is 30.5. The van der Waals surface area contributed by atoms with Crippen LogP contribution in [0.1, 0.15) is 16.1 Å². The van der Waals surface area contributed by atoms with Gasteiger partial charge in [0.05, 0.1) is 20.8 Å². The third kappa shape index (κ3) is 4.71. The molecule has 0 aliphatic carbocycles. The number of rotatable bonds is 6. The number of thiazole rings is 2. The van der Waals surface area contributed by atoms with Crippen molar-refractivity contribution in [2.75, 3.05) is 0 Å². The van der Waals surface area contributed by atoms with Crippen molar-refractivity contribution in [2.45, 2.75) is 6.92 Å². The molecule has 0 atom stereocenters. The maximum atomic E-state index is 4.89. The molecule has 0 unspecified atom stereocenters. The van der Waals surface area contributed by atoms with Crippen molar-refractivity contribution >= 4 is 66.6 Å². The van der Waals surface area contributed by atoms with Gasteiger partial charge < -0.3 is 0 Å². The monoisotopic (exact) mass is 612 g/mol. The fourth-order valence-electron chi connectivity index (χ4n) is 6.23. The standard InChI is InChI=1S/C41H28N2S2/c1-4-34-36(5-2)44-40(42-34)28-19-15-26(16-20-28)38-30-10-6-7-11-31(30)39(33-24-25(3)14-23-32(33)38)27-17-21-29(22-18-27)41-43-35-12-8-9-13-37(35)45-41/h4-24H,1-2H2,3H3. The van der Waals surface area contributed by atoms with E-state index in [-0.39, 0.29) is 0 Å². The van der Waals surface area contributed by atoms with Crippen molar-refractivity contribution in [2.24, 2.45) is 0 Å². The van der Waals surface area contributed by atoms with E-state index in [9.17, 15) is 0 Å². The normalized spacial score (nSPS) is 11.4. The van der Waals surface area contributed by atoms with Crippen molar-refractivity contribution in [1.29, 1.82) is 0 Å². The fourth-order valence-corrected chi connectivity index (χ4v) is 8.12. The molecule has 8 rings (SSSR count). The molecular formula is C41H28N2S2. The lowest BCUT2D eigenvalue weighted by Gasteiger charge is -2.18. The average Bonchev–Trinajstić information content (AvgIpc) is 3.72. The summed E-state index contributed by atoms with van der Waals surface area (Å²) in [4.78, 5) is 10.7. The van der Waals surface area contributed by atoms with Crippen molar-refractivity contribution in [1.82, 2.24) is 9.97 Å². The molecule has 0 amide bonds. The fraction of sp³-hybridized carbons (Fsp3) is 0.0244. The Labute approximate surface area is 270 Å². The van der Waals surface area contributed by atoms with Gasteiger partial charge in [0, 0.05) is 11.1 Å². The molecule has 0 aliphatic heterocycles. The van der Waals surface area contributed by atoms with Crippen molar-refractivity contribution in [3.05, 3.63) is 145 Å².